The van der Waals surface area contributed by atoms with Crippen molar-refractivity contribution in [2.75, 3.05) is 0 Å². The second kappa shape index (κ2) is 7.42. The van der Waals surface area contributed by atoms with Crippen LogP contribution in [0.3, 0.4) is 0 Å². The van der Waals surface area contributed by atoms with Gasteiger partial charge in [0.05, 0.1) is 0 Å². The van der Waals surface area contributed by atoms with Gasteiger partial charge >= 0.3 is 191 Å². The number of thiophene rings is 1. The normalized spacial score (nSPS) is 12.5. The summed E-state index contributed by atoms with van der Waals surface area (Å²) in [5.74, 6) is 7.85. The van der Waals surface area contributed by atoms with Gasteiger partial charge in [0.15, 0.2) is 0 Å². The Morgan fingerprint density at radius 1 is 0.871 bits per heavy atom. The molecule has 0 saturated carbocycles. The molecule has 0 unspecified atom stereocenters. The van der Waals surface area contributed by atoms with Crippen LogP contribution in [0.4, 0.5) is 0 Å². The van der Waals surface area contributed by atoms with E-state index in [0.29, 0.717) is 5.92 Å². The number of nitrogens with zero attached hydrogens (tertiary/aromatic N) is 2. The van der Waals surface area contributed by atoms with Crippen molar-refractivity contribution >= 4 is 60.1 Å². The Morgan fingerprint density at radius 2 is 1.65 bits per heavy atom. The first-order valence-electron chi connectivity index (χ1n) is 11.0. The number of rotatable bonds is 3. The first-order chi connectivity index (χ1) is 14.8. The third-order valence-electron chi connectivity index (χ3n) is 6.27. The van der Waals surface area contributed by atoms with E-state index in [0.717, 1.165) is 11.2 Å². The summed E-state index contributed by atoms with van der Waals surface area (Å²) in [5.41, 5.74) is 6.14. The third kappa shape index (κ3) is 3.39. The van der Waals surface area contributed by atoms with Crippen LogP contribution in [-0.4, -0.2) is 23.2 Å². The Labute approximate surface area is 190 Å². The van der Waals surface area contributed by atoms with Crippen LogP contribution < -0.4 is 4.40 Å². The van der Waals surface area contributed by atoms with E-state index in [-0.39, 0.29) is 0 Å². The predicted octanol–water partition coefficient (Wildman–Crippen LogP) is 7.64. The van der Waals surface area contributed by atoms with Crippen molar-refractivity contribution in [1.82, 2.24) is 9.97 Å². The second-order valence-corrected chi connectivity index (χ2v) is 21.4. The molecule has 0 aliphatic rings. The van der Waals surface area contributed by atoms with Crippen molar-refractivity contribution < 1.29 is 0 Å². The summed E-state index contributed by atoms with van der Waals surface area (Å²) in [6.45, 7) is 6.83. The number of fused-ring (bicyclic) bond motifs is 4. The SMILES string of the molecule is Cc1[c]([Ge]([CH3])([CH3])[CH3])ccc2c1sc1c(-c3cc(C(C)C)c4ccccc4c3)ncnc12. The summed E-state index contributed by atoms with van der Waals surface area (Å²) in [4.78, 5) is 9.51. The maximum absolute atomic E-state index is 4.79. The summed E-state index contributed by atoms with van der Waals surface area (Å²) in [7, 11) is 0. The van der Waals surface area contributed by atoms with Gasteiger partial charge in [-0.25, -0.2) is 0 Å². The van der Waals surface area contributed by atoms with Crippen molar-refractivity contribution in [3.05, 3.63) is 66.0 Å². The molecule has 3 aromatic carbocycles. The van der Waals surface area contributed by atoms with Crippen LogP contribution >= 0.6 is 11.3 Å². The van der Waals surface area contributed by atoms with Gasteiger partial charge in [0.25, 0.3) is 0 Å². The van der Waals surface area contributed by atoms with Gasteiger partial charge in [-0.1, -0.05) is 0 Å². The standard InChI is InChI=1S/C27H28GeN2S/c1-16(2)22-14-19(13-18-9-7-8-10-20(18)22)24-27-25(30-15-29-24)21-11-12-23(28(4,5)6)17(3)26(21)31-27/h7-16H,1-6H3. The number of aromatic nitrogens is 2. The van der Waals surface area contributed by atoms with E-state index in [1.54, 1.807) is 10.7 Å². The number of hydrogen-bond acceptors (Lipinski definition) is 3. The minimum absolute atomic E-state index is 0.452. The molecule has 0 bridgehead atoms. The fourth-order valence-electron chi connectivity index (χ4n) is 4.75. The van der Waals surface area contributed by atoms with E-state index < -0.39 is 13.3 Å². The zero-order chi connectivity index (χ0) is 21.9. The summed E-state index contributed by atoms with van der Waals surface area (Å²) < 4.78 is 4.16. The molecule has 2 aromatic heterocycles. The van der Waals surface area contributed by atoms with Crippen LogP contribution in [0.25, 0.3) is 42.3 Å². The van der Waals surface area contributed by atoms with Gasteiger partial charge in [-0.15, -0.1) is 0 Å². The van der Waals surface area contributed by atoms with E-state index >= 15 is 0 Å². The van der Waals surface area contributed by atoms with Crippen molar-refractivity contribution in [3.63, 3.8) is 0 Å². The molecule has 31 heavy (non-hydrogen) atoms. The van der Waals surface area contributed by atoms with E-state index in [9.17, 15) is 0 Å². The topological polar surface area (TPSA) is 25.8 Å². The van der Waals surface area contributed by atoms with Crippen LogP contribution in [0, 0.1) is 6.92 Å². The summed E-state index contributed by atoms with van der Waals surface area (Å²) in [6.07, 6.45) is 1.74. The molecule has 0 aliphatic carbocycles. The van der Waals surface area contributed by atoms with Gasteiger partial charge in [-0.2, -0.15) is 0 Å². The van der Waals surface area contributed by atoms with Crippen LogP contribution in [0.1, 0.15) is 30.9 Å². The predicted molar refractivity (Wildman–Crippen MR) is 140 cm³/mol. The molecule has 4 heteroatoms. The van der Waals surface area contributed by atoms with Crippen molar-refractivity contribution in [1.29, 1.82) is 0 Å². The monoisotopic (exact) mass is 486 g/mol. The van der Waals surface area contributed by atoms with Crippen LogP contribution in [-0.2, 0) is 0 Å². The zero-order valence-corrected chi connectivity index (χ0v) is 22.0. The molecule has 0 saturated heterocycles. The molecule has 2 heterocycles. The molecule has 0 fully saturated rings. The number of benzene rings is 3. The molecular formula is C27H28GeN2S. The quantitative estimate of drug-likeness (QED) is 0.246. The first kappa shape index (κ1) is 20.7. The molecule has 5 rings (SSSR count). The van der Waals surface area contributed by atoms with Gasteiger partial charge in [0.2, 0.25) is 0 Å². The van der Waals surface area contributed by atoms with E-state index in [2.05, 4.69) is 86.6 Å². The van der Waals surface area contributed by atoms with Crippen molar-refractivity contribution in [2.45, 2.75) is 44.0 Å². The van der Waals surface area contributed by atoms with Crippen LogP contribution in [0.15, 0.2) is 54.9 Å². The average molecular weight is 485 g/mol. The Bertz CT molecular complexity index is 1460. The molecule has 156 valence electrons. The molecule has 2 nitrogen and oxygen atoms in total. The zero-order valence-electron chi connectivity index (χ0n) is 19.1. The number of aryl methyl sites for hydroxylation is 1. The summed E-state index contributed by atoms with van der Waals surface area (Å²) in [6, 6.07) is 18.0. The first-order valence-corrected chi connectivity index (χ1v) is 19.1. The van der Waals surface area contributed by atoms with Crippen molar-refractivity contribution in [2.24, 2.45) is 0 Å². The van der Waals surface area contributed by atoms with Gasteiger partial charge < -0.3 is 0 Å². The molecule has 0 aliphatic heterocycles. The average Bonchev–Trinajstić information content (AvgIpc) is 3.12. The van der Waals surface area contributed by atoms with Crippen molar-refractivity contribution in [3.8, 4) is 11.3 Å². The van der Waals surface area contributed by atoms with E-state index in [4.69, 9.17) is 9.97 Å². The fourth-order valence-corrected chi connectivity index (χ4v) is 10.1. The fraction of sp³-hybridized carbons (Fsp3) is 0.259. The molecule has 0 spiro atoms. The molecular weight excluding hydrogens is 457 g/mol. The van der Waals surface area contributed by atoms with Gasteiger partial charge in [-0.3, -0.25) is 0 Å². The van der Waals surface area contributed by atoms with Gasteiger partial charge in [0.1, 0.15) is 0 Å². The van der Waals surface area contributed by atoms with Gasteiger partial charge in [-0.05, 0) is 0 Å². The Balaban J connectivity index is 1.82. The van der Waals surface area contributed by atoms with Gasteiger partial charge in [0, 0.05) is 0 Å². The number of hydrogen-bond donors (Lipinski definition) is 0. The molecule has 0 atom stereocenters. The van der Waals surface area contributed by atoms with E-state index in [1.807, 2.05) is 11.3 Å². The molecule has 5 aromatic rings. The van der Waals surface area contributed by atoms with Crippen LogP contribution in [0.5, 0.6) is 0 Å². The molecule has 0 amide bonds. The Morgan fingerprint density at radius 3 is 2.39 bits per heavy atom. The summed E-state index contributed by atoms with van der Waals surface area (Å²) >= 11 is -0.0689. The maximum atomic E-state index is 4.79. The Kier molecular flexibility index (Phi) is 4.94. The molecule has 0 radical (unpaired) electrons. The third-order valence-corrected chi connectivity index (χ3v) is 12.1. The second-order valence-electron chi connectivity index (χ2n) is 9.81. The molecule has 0 N–H and O–H groups in total. The summed E-state index contributed by atoms with van der Waals surface area (Å²) in [5, 5.41) is 3.87. The minimum atomic E-state index is -1.93. The Hall–Kier alpha value is -2.24. The van der Waals surface area contributed by atoms with E-state index in [1.165, 1.54) is 42.2 Å². The van der Waals surface area contributed by atoms with Crippen LogP contribution in [0.2, 0.25) is 17.3 Å².